The molecule has 2 heterocycles. The second kappa shape index (κ2) is 12.4. The molecule has 0 radical (unpaired) electrons. The molecule has 212 valence electrons. The van der Waals surface area contributed by atoms with Gasteiger partial charge in [0.05, 0.1) is 6.54 Å². The van der Waals surface area contributed by atoms with Crippen molar-refractivity contribution in [2.45, 2.75) is 37.0 Å². The summed E-state index contributed by atoms with van der Waals surface area (Å²) in [6.07, 6.45) is 1.56. The number of carboxylic acids is 1. The number of fused-ring (bicyclic) bond motifs is 1. The van der Waals surface area contributed by atoms with Crippen molar-refractivity contribution < 1.29 is 36.2 Å². The monoisotopic (exact) mass is 570 g/mol. The van der Waals surface area contributed by atoms with Gasteiger partial charge in [0.25, 0.3) is 10.0 Å². The molecule has 0 amide bonds. The first-order valence-electron chi connectivity index (χ1n) is 11.8. The molecule has 0 spiro atoms. The summed E-state index contributed by atoms with van der Waals surface area (Å²) in [5, 5.41) is 16.1. The van der Waals surface area contributed by atoms with Crippen LogP contribution >= 0.6 is 0 Å². The standard InChI is InChI=1S/C22H28N6O3S.C2HF3O2/c1-27(11-12-28-10-8-21(26-28)32(24,29)30)13-14-31-20-15-17(7-9-25-20)19-6-5-16-3-2-4-18(16)22(19)23;3-2(4,5)1(6)7/h5-10,15H,2-4,11-14,23H2,1H3,(H2,24,29,30);(H,6,7). The molecular weight excluding hydrogens is 541 g/mol. The molecule has 0 bridgehead atoms. The lowest BCUT2D eigenvalue weighted by molar-refractivity contribution is -0.192. The minimum absolute atomic E-state index is 0.126. The normalized spacial score (nSPS) is 13.1. The Kier molecular flexibility index (Phi) is 9.53. The summed E-state index contributed by atoms with van der Waals surface area (Å²) in [6.45, 7) is 2.36. The number of carbonyl (C=O) groups is 1. The predicted octanol–water partition coefficient (Wildman–Crippen LogP) is 2.31. The second-order valence-electron chi connectivity index (χ2n) is 8.82. The van der Waals surface area contributed by atoms with Gasteiger partial charge in [0.1, 0.15) is 6.61 Å². The van der Waals surface area contributed by atoms with Gasteiger partial charge in [-0.3, -0.25) is 4.68 Å². The van der Waals surface area contributed by atoms with Crippen LogP contribution in [0.15, 0.2) is 47.8 Å². The summed E-state index contributed by atoms with van der Waals surface area (Å²) in [7, 11) is -1.81. The first-order valence-corrected chi connectivity index (χ1v) is 13.3. The number of pyridine rings is 1. The molecule has 4 rings (SSSR count). The van der Waals surface area contributed by atoms with Crippen molar-refractivity contribution in [2.24, 2.45) is 5.14 Å². The van der Waals surface area contributed by atoms with Gasteiger partial charge in [0, 0.05) is 42.8 Å². The topological polar surface area (TPSA) is 167 Å². The number of benzene rings is 1. The Morgan fingerprint density at radius 3 is 2.56 bits per heavy atom. The van der Waals surface area contributed by atoms with E-state index in [1.165, 1.54) is 17.2 Å². The van der Waals surface area contributed by atoms with Crippen molar-refractivity contribution in [1.82, 2.24) is 19.7 Å². The highest BCUT2D eigenvalue weighted by molar-refractivity contribution is 7.89. The number of carboxylic acid groups (broad SMARTS) is 1. The number of sulfonamides is 1. The van der Waals surface area contributed by atoms with Crippen LogP contribution in [0.3, 0.4) is 0 Å². The van der Waals surface area contributed by atoms with Crippen LogP contribution in [0.2, 0.25) is 0 Å². The molecular formula is C24H29F3N6O5S. The van der Waals surface area contributed by atoms with E-state index in [9.17, 15) is 21.6 Å². The van der Waals surface area contributed by atoms with E-state index in [-0.39, 0.29) is 5.03 Å². The Hall–Kier alpha value is -3.69. The minimum atomic E-state index is -5.08. The number of ether oxygens (including phenoxy) is 1. The Balaban J connectivity index is 0.000000532. The molecule has 1 aliphatic rings. The number of nitrogens with two attached hydrogens (primary N) is 2. The van der Waals surface area contributed by atoms with E-state index < -0.39 is 22.2 Å². The predicted molar refractivity (Wildman–Crippen MR) is 136 cm³/mol. The lowest BCUT2D eigenvalue weighted by Crippen LogP contribution is -2.28. The number of nitrogens with zero attached hydrogens (tertiary/aromatic N) is 4. The molecule has 15 heteroatoms. The number of nitrogen functional groups attached to an aromatic ring is 1. The maximum atomic E-state index is 11.3. The number of rotatable bonds is 9. The van der Waals surface area contributed by atoms with E-state index in [0.717, 1.165) is 36.1 Å². The molecule has 0 saturated heterocycles. The number of anilines is 1. The van der Waals surface area contributed by atoms with Gasteiger partial charge < -0.3 is 20.5 Å². The fourth-order valence-electron chi connectivity index (χ4n) is 3.91. The van der Waals surface area contributed by atoms with Gasteiger partial charge in [-0.1, -0.05) is 12.1 Å². The number of aliphatic carboxylic acids is 1. The van der Waals surface area contributed by atoms with E-state index in [1.54, 1.807) is 17.1 Å². The van der Waals surface area contributed by atoms with Crippen molar-refractivity contribution in [3.05, 3.63) is 53.9 Å². The van der Waals surface area contributed by atoms with Gasteiger partial charge in [0.2, 0.25) is 5.88 Å². The summed E-state index contributed by atoms with van der Waals surface area (Å²) < 4.78 is 61.8. The quantitative estimate of drug-likeness (QED) is 0.327. The third-order valence-corrected chi connectivity index (χ3v) is 6.76. The number of alkyl halides is 3. The first kappa shape index (κ1) is 29.9. The van der Waals surface area contributed by atoms with Crippen molar-refractivity contribution in [1.29, 1.82) is 0 Å². The van der Waals surface area contributed by atoms with Gasteiger partial charge >= 0.3 is 12.1 Å². The summed E-state index contributed by atoms with van der Waals surface area (Å²) in [5.74, 6) is -2.20. The van der Waals surface area contributed by atoms with Gasteiger partial charge in [-0.15, -0.1) is 0 Å². The van der Waals surface area contributed by atoms with Crippen LogP contribution in [0.25, 0.3) is 11.1 Å². The molecule has 0 saturated carbocycles. The molecule has 5 N–H and O–H groups in total. The number of hydrogen-bond acceptors (Lipinski definition) is 8. The fourth-order valence-corrected chi connectivity index (χ4v) is 4.38. The van der Waals surface area contributed by atoms with Crippen molar-refractivity contribution >= 4 is 21.7 Å². The summed E-state index contributed by atoms with van der Waals surface area (Å²) in [4.78, 5) is 15.3. The van der Waals surface area contributed by atoms with Crippen molar-refractivity contribution in [3.63, 3.8) is 0 Å². The Morgan fingerprint density at radius 1 is 1.21 bits per heavy atom. The van der Waals surface area contributed by atoms with E-state index >= 15 is 0 Å². The molecule has 2 aromatic heterocycles. The lowest BCUT2D eigenvalue weighted by atomic mass is 9.98. The van der Waals surface area contributed by atoms with Gasteiger partial charge in [-0.2, -0.15) is 18.3 Å². The average molecular weight is 571 g/mol. The summed E-state index contributed by atoms with van der Waals surface area (Å²) >= 11 is 0. The van der Waals surface area contributed by atoms with Crippen LogP contribution in [0.5, 0.6) is 5.88 Å². The number of hydrogen-bond donors (Lipinski definition) is 3. The molecule has 11 nitrogen and oxygen atoms in total. The molecule has 0 aliphatic heterocycles. The maximum Gasteiger partial charge on any atom is 0.490 e. The third kappa shape index (κ3) is 8.40. The van der Waals surface area contributed by atoms with Crippen LogP contribution < -0.4 is 15.6 Å². The zero-order chi connectivity index (χ0) is 28.8. The lowest BCUT2D eigenvalue weighted by Gasteiger charge is -2.17. The number of aryl methyl sites for hydroxylation is 1. The zero-order valence-corrected chi connectivity index (χ0v) is 21.9. The number of primary sulfonamides is 1. The first-order chi connectivity index (χ1) is 18.3. The van der Waals surface area contributed by atoms with Gasteiger partial charge in [0.15, 0.2) is 5.03 Å². The molecule has 1 aromatic carbocycles. The fraction of sp³-hybridized carbons (Fsp3) is 0.375. The molecule has 0 unspecified atom stereocenters. The summed E-state index contributed by atoms with van der Waals surface area (Å²) in [6, 6.07) is 9.53. The zero-order valence-electron chi connectivity index (χ0n) is 21.1. The maximum absolute atomic E-state index is 11.3. The van der Waals surface area contributed by atoms with E-state index in [4.69, 9.17) is 25.5 Å². The smallest absolute Gasteiger partial charge is 0.476 e. The average Bonchev–Trinajstić information content (AvgIpc) is 3.53. The largest absolute Gasteiger partial charge is 0.490 e. The highest BCUT2D eigenvalue weighted by atomic mass is 32.2. The molecule has 3 aromatic rings. The molecule has 1 aliphatic carbocycles. The van der Waals surface area contributed by atoms with Crippen LogP contribution in [-0.2, 0) is 34.2 Å². The number of halogens is 3. The highest BCUT2D eigenvalue weighted by Crippen LogP contribution is 2.35. The van der Waals surface area contributed by atoms with E-state index in [1.807, 2.05) is 19.2 Å². The van der Waals surface area contributed by atoms with E-state index in [0.29, 0.717) is 32.1 Å². The SMILES string of the molecule is CN(CCOc1cc(-c2ccc3c(c2N)CCC3)ccn1)CCn1ccc(S(N)(=O)=O)n1.O=C(O)C(F)(F)F. The molecule has 39 heavy (non-hydrogen) atoms. The molecule has 0 atom stereocenters. The van der Waals surface area contributed by atoms with E-state index in [2.05, 4.69) is 27.1 Å². The third-order valence-electron chi connectivity index (χ3n) is 5.96. The second-order valence-corrected chi connectivity index (χ2v) is 10.3. The van der Waals surface area contributed by atoms with Gasteiger partial charge in [-0.25, -0.2) is 23.3 Å². The number of aromatic nitrogens is 3. The van der Waals surface area contributed by atoms with Crippen molar-refractivity contribution in [3.8, 4) is 17.0 Å². The molecule has 0 fully saturated rings. The van der Waals surface area contributed by atoms with Crippen LogP contribution in [0.4, 0.5) is 18.9 Å². The Labute approximate surface area is 223 Å². The number of likely N-dealkylation sites (N-methyl/N-ethyl adjacent to an activating group) is 1. The van der Waals surface area contributed by atoms with Crippen LogP contribution in [-0.4, -0.2) is 72.1 Å². The Morgan fingerprint density at radius 2 is 1.92 bits per heavy atom. The summed E-state index contributed by atoms with van der Waals surface area (Å²) in [5.41, 5.74) is 12.0. The Bertz CT molecular complexity index is 1410. The minimum Gasteiger partial charge on any atom is -0.476 e. The van der Waals surface area contributed by atoms with Crippen LogP contribution in [0, 0.1) is 0 Å². The van der Waals surface area contributed by atoms with Crippen molar-refractivity contribution in [2.75, 3.05) is 32.5 Å². The van der Waals surface area contributed by atoms with Crippen LogP contribution in [0.1, 0.15) is 17.5 Å². The van der Waals surface area contributed by atoms with Gasteiger partial charge in [-0.05, 0) is 55.1 Å². The highest BCUT2D eigenvalue weighted by Gasteiger charge is 2.38.